The van der Waals surface area contributed by atoms with Crippen LogP contribution in [0.2, 0.25) is 5.02 Å². The molecule has 2 rings (SSSR count). The lowest BCUT2D eigenvalue weighted by Gasteiger charge is -2.14. The third kappa shape index (κ3) is 5.96. The van der Waals surface area contributed by atoms with Crippen LogP contribution in [0.4, 0.5) is 11.4 Å². The second-order valence-electron chi connectivity index (χ2n) is 5.65. The summed E-state index contributed by atoms with van der Waals surface area (Å²) >= 11 is 5.89. The molecular weight excluding hydrogens is 376 g/mol. The highest BCUT2D eigenvalue weighted by molar-refractivity contribution is 6.34. The lowest BCUT2D eigenvalue weighted by Crippen LogP contribution is -2.29. The molecule has 1 N–H and O–H groups in total. The van der Waals surface area contributed by atoms with Crippen molar-refractivity contribution < 1.29 is 24.0 Å². The first-order valence-corrected chi connectivity index (χ1v) is 8.28. The van der Waals surface area contributed by atoms with Crippen molar-refractivity contribution in [2.24, 2.45) is 0 Å². The van der Waals surface area contributed by atoms with Crippen LogP contribution >= 0.6 is 11.6 Å². The largest absolute Gasteiger partial charge is 0.479 e. The van der Waals surface area contributed by atoms with Crippen molar-refractivity contribution in [1.82, 2.24) is 0 Å². The Morgan fingerprint density at radius 1 is 1.26 bits per heavy atom. The minimum absolute atomic E-state index is 0.0000235. The Morgan fingerprint density at radius 2 is 2.00 bits per heavy atom. The number of rotatable bonds is 7. The number of benzene rings is 2. The molecule has 1 amide bonds. The Hall–Kier alpha value is -3.13. The zero-order valence-corrected chi connectivity index (χ0v) is 15.4. The van der Waals surface area contributed by atoms with Gasteiger partial charge in [0, 0.05) is 12.1 Å². The van der Waals surface area contributed by atoms with Gasteiger partial charge in [0.15, 0.2) is 12.7 Å². The maximum absolute atomic E-state index is 11.9. The van der Waals surface area contributed by atoms with Gasteiger partial charge in [-0.05, 0) is 37.6 Å². The maximum atomic E-state index is 11.9. The summed E-state index contributed by atoms with van der Waals surface area (Å²) in [5, 5.41) is 13.1. The molecule has 1 atom stereocenters. The van der Waals surface area contributed by atoms with Gasteiger partial charge < -0.3 is 14.8 Å². The minimum Gasteiger partial charge on any atom is -0.479 e. The van der Waals surface area contributed by atoms with Gasteiger partial charge in [-0.25, -0.2) is 4.79 Å². The van der Waals surface area contributed by atoms with Gasteiger partial charge in [-0.15, -0.1) is 0 Å². The Kier molecular flexibility index (Phi) is 6.73. The number of hydrogen-bond donors (Lipinski definition) is 1. The first kappa shape index (κ1) is 20.2. The molecule has 0 radical (unpaired) electrons. The van der Waals surface area contributed by atoms with Crippen LogP contribution in [0.1, 0.15) is 12.5 Å². The fraction of sp³-hybridized carbons (Fsp3) is 0.222. The number of hydrogen-bond acceptors (Lipinski definition) is 6. The van der Waals surface area contributed by atoms with Crippen LogP contribution in [0, 0.1) is 17.0 Å². The number of aryl methyl sites for hydroxylation is 1. The first-order chi connectivity index (χ1) is 12.8. The number of esters is 1. The van der Waals surface area contributed by atoms with Gasteiger partial charge in [0.2, 0.25) is 0 Å². The van der Waals surface area contributed by atoms with Gasteiger partial charge in [-0.3, -0.25) is 14.9 Å². The van der Waals surface area contributed by atoms with E-state index in [4.69, 9.17) is 21.1 Å². The fourth-order valence-electron chi connectivity index (χ4n) is 2.10. The number of non-ortho nitro benzene ring substituents is 1. The number of carbonyl (C=O) groups is 2. The molecule has 0 fully saturated rings. The quantitative estimate of drug-likeness (QED) is 0.439. The van der Waals surface area contributed by atoms with Crippen LogP contribution in [0.3, 0.4) is 0 Å². The summed E-state index contributed by atoms with van der Waals surface area (Å²) < 4.78 is 10.4. The SMILES string of the molecule is Cc1cccc(O[C@H](C)C(=O)OCC(=O)Nc2ccc([N+](=O)[O-])cc2Cl)c1. The van der Waals surface area contributed by atoms with Gasteiger partial charge in [-0.1, -0.05) is 23.7 Å². The van der Waals surface area contributed by atoms with E-state index in [0.717, 1.165) is 11.6 Å². The van der Waals surface area contributed by atoms with E-state index in [-0.39, 0.29) is 16.4 Å². The first-order valence-electron chi connectivity index (χ1n) is 7.90. The molecule has 0 aromatic heterocycles. The number of ether oxygens (including phenoxy) is 2. The smallest absolute Gasteiger partial charge is 0.347 e. The number of anilines is 1. The van der Waals surface area contributed by atoms with Gasteiger partial charge in [0.25, 0.3) is 11.6 Å². The number of carbonyl (C=O) groups excluding carboxylic acids is 2. The number of nitrogens with zero attached hydrogens (tertiary/aromatic N) is 1. The van der Waals surface area contributed by atoms with Crippen LogP contribution in [-0.4, -0.2) is 29.5 Å². The summed E-state index contributed by atoms with van der Waals surface area (Å²) in [5.74, 6) is -0.829. The van der Waals surface area contributed by atoms with Gasteiger partial charge in [0.05, 0.1) is 15.6 Å². The predicted molar refractivity (Wildman–Crippen MR) is 99.0 cm³/mol. The highest BCUT2D eigenvalue weighted by Crippen LogP contribution is 2.26. The number of nitro groups is 1. The lowest BCUT2D eigenvalue weighted by atomic mass is 10.2. The zero-order valence-electron chi connectivity index (χ0n) is 14.6. The molecule has 142 valence electrons. The number of nitrogens with one attached hydrogen (secondary N) is 1. The molecule has 0 heterocycles. The van der Waals surface area contributed by atoms with Crippen LogP contribution in [0.25, 0.3) is 0 Å². The number of halogens is 1. The van der Waals surface area contributed by atoms with Crippen LogP contribution in [0.5, 0.6) is 5.75 Å². The normalized spacial score (nSPS) is 11.4. The van der Waals surface area contributed by atoms with Crippen molar-refractivity contribution in [1.29, 1.82) is 0 Å². The molecule has 0 bridgehead atoms. The van der Waals surface area contributed by atoms with E-state index in [0.29, 0.717) is 5.75 Å². The second kappa shape index (κ2) is 9.00. The molecule has 2 aromatic carbocycles. The van der Waals surface area contributed by atoms with Crippen LogP contribution in [0.15, 0.2) is 42.5 Å². The summed E-state index contributed by atoms with van der Waals surface area (Å²) in [6.07, 6.45) is -0.900. The third-order valence-corrected chi connectivity index (χ3v) is 3.73. The van der Waals surface area contributed by atoms with Gasteiger partial charge >= 0.3 is 5.97 Å². The lowest BCUT2D eigenvalue weighted by molar-refractivity contribution is -0.384. The van der Waals surface area contributed by atoms with E-state index in [9.17, 15) is 19.7 Å². The molecular formula is C18H17ClN2O6. The molecule has 27 heavy (non-hydrogen) atoms. The Balaban J connectivity index is 1.85. The third-order valence-electron chi connectivity index (χ3n) is 3.42. The predicted octanol–water partition coefficient (Wildman–Crippen LogP) is 3.51. The molecule has 0 saturated heterocycles. The van der Waals surface area contributed by atoms with Crippen LogP contribution in [-0.2, 0) is 14.3 Å². The van der Waals surface area contributed by atoms with Crippen molar-refractivity contribution in [3.05, 3.63) is 63.2 Å². The molecule has 2 aromatic rings. The summed E-state index contributed by atoms with van der Waals surface area (Å²) in [6.45, 7) is 2.85. The average Bonchev–Trinajstić information content (AvgIpc) is 2.61. The summed E-state index contributed by atoms with van der Waals surface area (Å²) in [7, 11) is 0. The highest BCUT2D eigenvalue weighted by Gasteiger charge is 2.18. The van der Waals surface area contributed by atoms with Gasteiger partial charge in [-0.2, -0.15) is 0 Å². The van der Waals surface area contributed by atoms with Crippen molar-refractivity contribution in [3.63, 3.8) is 0 Å². The standard InChI is InChI=1S/C18H17ClN2O6/c1-11-4-3-5-14(8-11)27-12(2)18(23)26-10-17(22)20-16-7-6-13(21(24)25)9-15(16)19/h3-9,12H,10H2,1-2H3,(H,20,22)/t12-/m1/s1. The molecule has 0 unspecified atom stereocenters. The number of nitro benzene ring substituents is 1. The molecule has 0 aliphatic carbocycles. The monoisotopic (exact) mass is 392 g/mol. The highest BCUT2D eigenvalue weighted by atomic mass is 35.5. The summed E-state index contributed by atoms with van der Waals surface area (Å²) in [4.78, 5) is 33.9. The van der Waals surface area contributed by atoms with E-state index in [1.54, 1.807) is 18.2 Å². The molecule has 8 nitrogen and oxygen atoms in total. The minimum atomic E-state index is -0.900. The zero-order chi connectivity index (χ0) is 20.0. The van der Waals surface area contributed by atoms with Crippen molar-refractivity contribution in [2.75, 3.05) is 11.9 Å². The Bertz CT molecular complexity index is 871. The van der Waals surface area contributed by atoms with Crippen molar-refractivity contribution in [2.45, 2.75) is 20.0 Å². The van der Waals surface area contributed by atoms with E-state index in [2.05, 4.69) is 5.32 Å². The molecule has 0 aliphatic rings. The van der Waals surface area contributed by atoms with Crippen LogP contribution < -0.4 is 10.1 Å². The molecule has 0 saturated carbocycles. The second-order valence-corrected chi connectivity index (χ2v) is 6.06. The summed E-state index contributed by atoms with van der Waals surface area (Å²) in [6, 6.07) is 10.8. The fourth-order valence-corrected chi connectivity index (χ4v) is 2.32. The summed E-state index contributed by atoms with van der Waals surface area (Å²) in [5.41, 5.74) is 0.950. The van der Waals surface area contributed by atoms with E-state index in [1.165, 1.54) is 19.1 Å². The maximum Gasteiger partial charge on any atom is 0.347 e. The Morgan fingerprint density at radius 3 is 2.63 bits per heavy atom. The molecule has 0 spiro atoms. The molecule has 0 aliphatic heterocycles. The topological polar surface area (TPSA) is 108 Å². The van der Waals surface area contributed by atoms with E-state index in [1.807, 2.05) is 13.0 Å². The molecule has 9 heteroatoms. The van der Waals surface area contributed by atoms with Crippen molar-refractivity contribution >= 4 is 34.9 Å². The Labute approximate surface area is 160 Å². The van der Waals surface area contributed by atoms with E-state index >= 15 is 0 Å². The van der Waals surface area contributed by atoms with E-state index < -0.39 is 29.5 Å². The van der Waals surface area contributed by atoms with Crippen molar-refractivity contribution in [3.8, 4) is 5.75 Å². The van der Waals surface area contributed by atoms with Gasteiger partial charge in [0.1, 0.15) is 5.75 Å². The number of amides is 1. The average molecular weight is 393 g/mol.